The van der Waals surface area contributed by atoms with E-state index < -0.39 is 0 Å². The van der Waals surface area contributed by atoms with Crippen LogP contribution in [0.1, 0.15) is 27.2 Å². The first-order chi connectivity index (χ1) is 13.4. The van der Waals surface area contributed by atoms with E-state index >= 15 is 0 Å². The fraction of sp³-hybridized carbons (Fsp3) is 0.143. The number of rotatable bonds is 6. The average Bonchev–Trinajstić information content (AvgIpc) is 3.11. The highest BCUT2D eigenvalue weighted by molar-refractivity contribution is 9.10. The third kappa shape index (κ3) is 5.29. The highest BCUT2D eigenvalue weighted by Gasteiger charge is 2.11. The lowest BCUT2D eigenvalue weighted by Crippen LogP contribution is -2.24. The summed E-state index contributed by atoms with van der Waals surface area (Å²) in [6.07, 6.45) is 0.208. The molecule has 0 unspecified atom stereocenters. The lowest BCUT2D eigenvalue weighted by molar-refractivity contribution is -0.120. The number of hydrogen-bond donors (Lipinski definition) is 2. The van der Waals surface area contributed by atoms with Gasteiger partial charge in [-0.2, -0.15) is 0 Å². The first kappa shape index (κ1) is 19.8. The van der Waals surface area contributed by atoms with Crippen LogP contribution in [0, 0.1) is 12.7 Å². The molecule has 2 amide bonds. The van der Waals surface area contributed by atoms with Crippen molar-refractivity contribution < 1.29 is 18.4 Å². The molecule has 2 aromatic carbocycles. The zero-order chi connectivity index (χ0) is 20.1. The summed E-state index contributed by atoms with van der Waals surface area (Å²) in [6, 6.07) is 15.0. The number of halogens is 2. The maximum Gasteiger partial charge on any atom is 0.291 e. The molecule has 1 heterocycles. The molecule has 0 saturated heterocycles. The van der Waals surface area contributed by atoms with Crippen molar-refractivity contribution in [2.45, 2.75) is 19.9 Å². The van der Waals surface area contributed by atoms with Crippen molar-refractivity contribution in [2.24, 2.45) is 0 Å². The van der Waals surface area contributed by atoms with Crippen LogP contribution in [0.2, 0.25) is 0 Å². The predicted molar refractivity (Wildman–Crippen MR) is 107 cm³/mol. The van der Waals surface area contributed by atoms with E-state index in [4.69, 9.17) is 4.42 Å². The van der Waals surface area contributed by atoms with Crippen molar-refractivity contribution in [3.63, 3.8) is 0 Å². The second-order valence-corrected chi connectivity index (χ2v) is 7.07. The van der Waals surface area contributed by atoms with Crippen LogP contribution in [0.15, 0.2) is 63.7 Å². The van der Waals surface area contributed by atoms with Gasteiger partial charge in [-0.3, -0.25) is 9.59 Å². The Bertz CT molecular complexity index is 999. The number of carbonyl (C=O) groups excluding carboxylic acids is 2. The summed E-state index contributed by atoms with van der Waals surface area (Å²) in [5, 5.41) is 5.54. The van der Waals surface area contributed by atoms with Gasteiger partial charge >= 0.3 is 0 Å². The minimum Gasteiger partial charge on any atom is -0.444 e. The van der Waals surface area contributed by atoms with Crippen molar-refractivity contribution in [1.29, 1.82) is 0 Å². The van der Waals surface area contributed by atoms with Crippen LogP contribution < -0.4 is 10.6 Å². The van der Waals surface area contributed by atoms with Gasteiger partial charge in [-0.1, -0.05) is 24.3 Å². The number of benzene rings is 2. The van der Waals surface area contributed by atoms with Crippen LogP contribution in [-0.2, 0) is 17.8 Å². The quantitative estimate of drug-likeness (QED) is 0.583. The molecule has 0 atom stereocenters. The Balaban J connectivity index is 1.51. The van der Waals surface area contributed by atoms with Gasteiger partial charge in [0.05, 0.1) is 6.42 Å². The molecule has 0 radical (unpaired) electrons. The Morgan fingerprint density at radius 3 is 2.39 bits per heavy atom. The van der Waals surface area contributed by atoms with Gasteiger partial charge in [-0.05, 0) is 69.9 Å². The van der Waals surface area contributed by atoms with Crippen LogP contribution in [0.4, 0.5) is 10.1 Å². The number of furan rings is 1. The van der Waals surface area contributed by atoms with E-state index in [1.807, 2.05) is 0 Å². The Labute approximate surface area is 170 Å². The molecule has 2 N–H and O–H groups in total. The minimum atomic E-state index is -0.356. The van der Waals surface area contributed by atoms with E-state index in [0.29, 0.717) is 22.5 Å². The van der Waals surface area contributed by atoms with Crippen molar-refractivity contribution in [1.82, 2.24) is 5.32 Å². The van der Waals surface area contributed by atoms with E-state index in [0.717, 1.165) is 11.1 Å². The standard InChI is InChI=1S/C21H18BrFN2O3/c1-13-10-15(4-7-17(13)23)12-24-20(26)11-14-2-5-16(6-3-14)25-21(27)18-8-9-19(22)28-18/h2-10H,11-12H2,1H3,(H,24,26)(H,25,27). The molecular formula is C21H18BrFN2O3. The molecule has 0 aliphatic carbocycles. The summed E-state index contributed by atoms with van der Waals surface area (Å²) in [5.74, 6) is -0.557. The fourth-order valence-electron chi connectivity index (χ4n) is 2.60. The minimum absolute atomic E-state index is 0.140. The van der Waals surface area contributed by atoms with Gasteiger partial charge in [0.1, 0.15) is 5.82 Å². The summed E-state index contributed by atoms with van der Waals surface area (Å²) < 4.78 is 19.0. The van der Waals surface area contributed by atoms with Gasteiger partial charge in [0.15, 0.2) is 10.4 Å². The summed E-state index contributed by atoms with van der Waals surface area (Å²) in [5.41, 5.74) is 2.80. The number of aryl methyl sites for hydroxylation is 1. The Morgan fingerprint density at radius 2 is 1.75 bits per heavy atom. The van der Waals surface area contributed by atoms with Gasteiger partial charge in [0, 0.05) is 12.2 Å². The molecular weight excluding hydrogens is 427 g/mol. The Kier molecular flexibility index (Phi) is 6.26. The first-order valence-electron chi connectivity index (χ1n) is 8.58. The molecule has 0 fully saturated rings. The fourth-order valence-corrected chi connectivity index (χ4v) is 2.91. The third-order valence-corrected chi connectivity index (χ3v) is 4.51. The first-order valence-corrected chi connectivity index (χ1v) is 9.37. The monoisotopic (exact) mass is 444 g/mol. The molecule has 0 aliphatic heterocycles. The van der Waals surface area contributed by atoms with E-state index in [1.54, 1.807) is 55.5 Å². The summed E-state index contributed by atoms with van der Waals surface area (Å²) in [4.78, 5) is 24.2. The molecule has 1 aromatic heterocycles. The summed E-state index contributed by atoms with van der Waals surface area (Å²) >= 11 is 3.15. The maximum absolute atomic E-state index is 13.3. The van der Waals surface area contributed by atoms with Gasteiger partial charge in [-0.15, -0.1) is 0 Å². The number of carbonyl (C=O) groups is 2. The van der Waals surface area contributed by atoms with E-state index in [9.17, 15) is 14.0 Å². The molecule has 0 aliphatic rings. The Morgan fingerprint density at radius 1 is 1.04 bits per heavy atom. The van der Waals surface area contributed by atoms with E-state index in [2.05, 4.69) is 26.6 Å². The zero-order valence-corrected chi connectivity index (χ0v) is 16.7. The van der Waals surface area contributed by atoms with Crippen LogP contribution in [0.25, 0.3) is 0 Å². The van der Waals surface area contributed by atoms with Crippen LogP contribution >= 0.6 is 15.9 Å². The lowest BCUT2D eigenvalue weighted by Gasteiger charge is -2.08. The van der Waals surface area contributed by atoms with E-state index in [-0.39, 0.29) is 29.8 Å². The predicted octanol–water partition coefficient (Wildman–Crippen LogP) is 4.60. The van der Waals surface area contributed by atoms with Crippen LogP contribution in [0.5, 0.6) is 0 Å². The van der Waals surface area contributed by atoms with Gasteiger partial charge < -0.3 is 15.1 Å². The second kappa shape index (κ2) is 8.84. The number of nitrogens with one attached hydrogen (secondary N) is 2. The number of anilines is 1. The van der Waals surface area contributed by atoms with Crippen molar-refractivity contribution in [3.8, 4) is 0 Å². The highest BCUT2D eigenvalue weighted by atomic mass is 79.9. The Hall–Kier alpha value is -2.93. The summed E-state index contributed by atoms with van der Waals surface area (Å²) in [7, 11) is 0. The highest BCUT2D eigenvalue weighted by Crippen LogP contribution is 2.17. The third-order valence-electron chi connectivity index (χ3n) is 4.09. The number of hydrogen-bond acceptors (Lipinski definition) is 3. The van der Waals surface area contributed by atoms with Crippen molar-refractivity contribution >= 4 is 33.4 Å². The molecule has 0 spiro atoms. The molecule has 0 saturated carbocycles. The molecule has 28 heavy (non-hydrogen) atoms. The normalized spacial score (nSPS) is 10.5. The SMILES string of the molecule is Cc1cc(CNC(=O)Cc2ccc(NC(=O)c3ccc(Br)o3)cc2)ccc1F. The maximum atomic E-state index is 13.3. The van der Waals surface area contributed by atoms with Crippen molar-refractivity contribution in [3.05, 3.63) is 87.5 Å². The lowest BCUT2D eigenvalue weighted by atomic mass is 10.1. The second-order valence-electron chi connectivity index (χ2n) is 6.29. The van der Waals surface area contributed by atoms with Gasteiger partial charge in [0.2, 0.25) is 5.91 Å². The molecule has 7 heteroatoms. The van der Waals surface area contributed by atoms with Gasteiger partial charge in [-0.25, -0.2) is 4.39 Å². The molecule has 144 valence electrons. The smallest absolute Gasteiger partial charge is 0.291 e. The topological polar surface area (TPSA) is 71.3 Å². The average molecular weight is 445 g/mol. The molecule has 3 aromatic rings. The van der Waals surface area contributed by atoms with Crippen LogP contribution in [0.3, 0.4) is 0 Å². The van der Waals surface area contributed by atoms with E-state index in [1.165, 1.54) is 6.07 Å². The molecule has 0 bridgehead atoms. The van der Waals surface area contributed by atoms with Crippen LogP contribution in [-0.4, -0.2) is 11.8 Å². The molecule has 5 nitrogen and oxygen atoms in total. The largest absolute Gasteiger partial charge is 0.444 e. The van der Waals surface area contributed by atoms with Crippen molar-refractivity contribution in [2.75, 3.05) is 5.32 Å². The van der Waals surface area contributed by atoms with Gasteiger partial charge in [0.25, 0.3) is 5.91 Å². The zero-order valence-electron chi connectivity index (χ0n) is 15.1. The molecule has 3 rings (SSSR count). The number of amides is 2. The summed E-state index contributed by atoms with van der Waals surface area (Å²) in [6.45, 7) is 2.03.